The normalized spacial score (nSPS) is 10.7. The van der Waals surface area contributed by atoms with Crippen molar-refractivity contribution < 1.29 is 9.59 Å². The summed E-state index contributed by atoms with van der Waals surface area (Å²) in [5, 5.41) is 0.700. The van der Waals surface area contributed by atoms with E-state index >= 15 is 0 Å². The van der Waals surface area contributed by atoms with E-state index in [4.69, 9.17) is 11.6 Å². The highest BCUT2D eigenvalue weighted by atomic mass is 35.5. The standard InChI is InChI=1S/C21H19ClN2O2/c1-15(25)9-16-5-7-18(8-6-16)21(26)11-20-13-24(14-23-20)12-17-3-2-4-19(22)10-17/h2-8,10,13-14H,9,11-12H2,1H3. The van der Waals surface area contributed by atoms with Crippen molar-refractivity contribution in [3.8, 4) is 0 Å². The molecule has 1 heterocycles. The fourth-order valence-electron chi connectivity index (χ4n) is 2.79. The molecule has 0 unspecified atom stereocenters. The molecular formula is C21H19ClN2O2. The summed E-state index contributed by atoms with van der Waals surface area (Å²) in [5.74, 6) is 0.113. The third kappa shape index (κ3) is 4.90. The molecule has 0 aliphatic heterocycles. The molecule has 0 saturated carbocycles. The van der Waals surface area contributed by atoms with Crippen LogP contribution in [-0.4, -0.2) is 21.1 Å². The molecule has 0 amide bonds. The smallest absolute Gasteiger partial charge is 0.168 e. The van der Waals surface area contributed by atoms with Gasteiger partial charge in [-0.1, -0.05) is 48.0 Å². The van der Waals surface area contributed by atoms with Gasteiger partial charge in [0.05, 0.1) is 18.4 Å². The minimum atomic E-state index is 0.00683. The molecule has 26 heavy (non-hydrogen) atoms. The molecule has 0 N–H and O–H groups in total. The molecule has 0 aliphatic rings. The van der Waals surface area contributed by atoms with Crippen LogP contribution in [0.4, 0.5) is 0 Å². The third-order valence-electron chi connectivity index (χ3n) is 4.01. The Bertz CT molecular complexity index is 929. The van der Waals surface area contributed by atoms with E-state index < -0.39 is 0 Å². The summed E-state index contributed by atoms with van der Waals surface area (Å²) >= 11 is 6.00. The number of Topliss-reactive ketones (excluding diaryl/α,β-unsaturated/α-hetero) is 2. The number of imidazole rings is 1. The minimum absolute atomic E-state index is 0.00683. The Balaban J connectivity index is 1.63. The van der Waals surface area contributed by atoms with Gasteiger partial charge in [-0.05, 0) is 30.2 Å². The lowest BCUT2D eigenvalue weighted by Gasteiger charge is -2.03. The lowest BCUT2D eigenvalue weighted by Crippen LogP contribution is -2.05. The number of ketones is 2. The highest BCUT2D eigenvalue weighted by molar-refractivity contribution is 6.30. The Hall–Kier alpha value is -2.72. The lowest BCUT2D eigenvalue weighted by molar-refractivity contribution is -0.116. The van der Waals surface area contributed by atoms with Gasteiger partial charge in [0.15, 0.2) is 5.78 Å². The molecule has 0 spiro atoms. The maximum Gasteiger partial charge on any atom is 0.168 e. The zero-order valence-corrected chi connectivity index (χ0v) is 15.2. The van der Waals surface area contributed by atoms with Gasteiger partial charge in [-0.2, -0.15) is 0 Å². The summed E-state index contributed by atoms with van der Waals surface area (Å²) in [4.78, 5) is 27.9. The number of carbonyl (C=O) groups excluding carboxylic acids is 2. The van der Waals surface area contributed by atoms with Crippen LogP contribution in [0.25, 0.3) is 0 Å². The summed E-state index contributed by atoms with van der Waals surface area (Å²) in [7, 11) is 0. The number of hydrogen-bond donors (Lipinski definition) is 0. The van der Waals surface area contributed by atoms with Crippen molar-refractivity contribution >= 4 is 23.2 Å². The number of hydrogen-bond acceptors (Lipinski definition) is 3. The Morgan fingerprint density at radius 3 is 2.50 bits per heavy atom. The van der Waals surface area contributed by atoms with Crippen LogP contribution in [0.2, 0.25) is 5.02 Å². The second-order valence-corrected chi connectivity index (χ2v) is 6.78. The van der Waals surface area contributed by atoms with Crippen LogP contribution >= 0.6 is 11.6 Å². The van der Waals surface area contributed by atoms with Gasteiger partial charge in [-0.25, -0.2) is 4.98 Å². The fraction of sp³-hybridized carbons (Fsp3) is 0.190. The first-order valence-corrected chi connectivity index (χ1v) is 8.74. The first-order chi connectivity index (χ1) is 12.5. The largest absolute Gasteiger partial charge is 0.333 e. The van der Waals surface area contributed by atoms with Crippen LogP contribution in [0, 0.1) is 0 Å². The topological polar surface area (TPSA) is 52.0 Å². The summed E-state index contributed by atoms with van der Waals surface area (Å²) in [6.07, 6.45) is 4.24. The Labute approximate surface area is 157 Å². The van der Waals surface area contributed by atoms with Gasteiger partial charge in [0, 0.05) is 29.7 Å². The highest BCUT2D eigenvalue weighted by Crippen LogP contribution is 2.13. The van der Waals surface area contributed by atoms with E-state index in [1.165, 1.54) is 0 Å². The number of carbonyl (C=O) groups is 2. The van der Waals surface area contributed by atoms with Crippen LogP contribution in [-0.2, 0) is 24.2 Å². The van der Waals surface area contributed by atoms with Crippen molar-refractivity contribution in [2.24, 2.45) is 0 Å². The zero-order valence-electron chi connectivity index (χ0n) is 14.5. The van der Waals surface area contributed by atoms with E-state index in [9.17, 15) is 9.59 Å². The fourth-order valence-corrected chi connectivity index (χ4v) is 3.01. The molecular weight excluding hydrogens is 348 g/mol. The van der Waals surface area contributed by atoms with Crippen molar-refractivity contribution in [3.05, 3.63) is 88.5 Å². The second-order valence-electron chi connectivity index (χ2n) is 6.34. The molecule has 4 nitrogen and oxygen atoms in total. The molecule has 0 aliphatic carbocycles. The predicted octanol–water partition coefficient (Wildman–Crippen LogP) is 4.14. The van der Waals surface area contributed by atoms with Crippen LogP contribution < -0.4 is 0 Å². The molecule has 3 rings (SSSR count). The average Bonchev–Trinajstić information content (AvgIpc) is 3.02. The number of benzene rings is 2. The van der Waals surface area contributed by atoms with Gasteiger partial charge in [-0.3, -0.25) is 9.59 Å². The Morgan fingerprint density at radius 2 is 1.81 bits per heavy atom. The van der Waals surface area contributed by atoms with E-state index in [1.807, 2.05) is 47.2 Å². The molecule has 5 heteroatoms. The highest BCUT2D eigenvalue weighted by Gasteiger charge is 2.10. The minimum Gasteiger partial charge on any atom is -0.333 e. The first-order valence-electron chi connectivity index (χ1n) is 8.36. The first kappa shape index (κ1) is 18.1. The summed E-state index contributed by atoms with van der Waals surface area (Å²) in [5.41, 5.74) is 3.35. The molecule has 0 saturated heterocycles. The monoisotopic (exact) mass is 366 g/mol. The van der Waals surface area contributed by atoms with E-state index in [2.05, 4.69) is 4.98 Å². The molecule has 0 radical (unpaired) electrons. The van der Waals surface area contributed by atoms with E-state index in [-0.39, 0.29) is 18.0 Å². The number of aromatic nitrogens is 2. The van der Waals surface area contributed by atoms with Crippen LogP contribution in [0.1, 0.15) is 34.1 Å². The number of nitrogens with zero attached hydrogens (tertiary/aromatic N) is 2. The Morgan fingerprint density at radius 1 is 1.04 bits per heavy atom. The van der Waals surface area contributed by atoms with Gasteiger partial charge < -0.3 is 4.57 Å². The maximum absolute atomic E-state index is 12.4. The summed E-state index contributed by atoms with van der Waals surface area (Å²) < 4.78 is 1.93. The molecule has 0 bridgehead atoms. The van der Waals surface area contributed by atoms with Gasteiger partial charge >= 0.3 is 0 Å². The van der Waals surface area contributed by atoms with E-state index in [0.717, 1.165) is 16.8 Å². The van der Waals surface area contributed by atoms with Crippen molar-refractivity contribution in [1.29, 1.82) is 0 Å². The molecule has 0 atom stereocenters. The van der Waals surface area contributed by atoms with Crippen LogP contribution in [0.3, 0.4) is 0 Å². The lowest BCUT2D eigenvalue weighted by atomic mass is 10.0. The van der Waals surface area contributed by atoms with Crippen molar-refractivity contribution in [1.82, 2.24) is 9.55 Å². The van der Waals surface area contributed by atoms with Gasteiger partial charge in [0.2, 0.25) is 0 Å². The van der Waals surface area contributed by atoms with Gasteiger partial charge in [-0.15, -0.1) is 0 Å². The zero-order chi connectivity index (χ0) is 18.5. The summed E-state index contributed by atoms with van der Waals surface area (Å²) in [6.45, 7) is 2.21. The van der Waals surface area contributed by atoms with Crippen molar-refractivity contribution in [2.75, 3.05) is 0 Å². The van der Waals surface area contributed by atoms with Crippen molar-refractivity contribution in [2.45, 2.75) is 26.3 Å². The SMILES string of the molecule is CC(=O)Cc1ccc(C(=O)Cc2cn(Cc3cccc(Cl)c3)cn2)cc1. The molecule has 3 aromatic rings. The van der Waals surface area contributed by atoms with Gasteiger partial charge in [0.25, 0.3) is 0 Å². The molecule has 132 valence electrons. The van der Waals surface area contributed by atoms with E-state index in [1.54, 1.807) is 25.4 Å². The number of halogens is 1. The maximum atomic E-state index is 12.4. The predicted molar refractivity (Wildman–Crippen MR) is 102 cm³/mol. The quantitative estimate of drug-likeness (QED) is 0.590. The van der Waals surface area contributed by atoms with E-state index in [0.29, 0.717) is 23.6 Å². The Kier molecular flexibility index (Phi) is 5.64. The van der Waals surface area contributed by atoms with Crippen LogP contribution in [0.15, 0.2) is 61.1 Å². The van der Waals surface area contributed by atoms with Crippen LogP contribution in [0.5, 0.6) is 0 Å². The average molecular weight is 367 g/mol. The second kappa shape index (κ2) is 8.11. The molecule has 2 aromatic carbocycles. The van der Waals surface area contributed by atoms with Crippen molar-refractivity contribution in [3.63, 3.8) is 0 Å². The molecule has 1 aromatic heterocycles. The van der Waals surface area contributed by atoms with Gasteiger partial charge in [0.1, 0.15) is 5.78 Å². The molecule has 0 fully saturated rings. The summed E-state index contributed by atoms with van der Waals surface area (Å²) in [6, 6.07) is 14.8. The third-order valence-corrected chi connectivity index (χ3v) is 4.25. The number of rotatable bonds is 7.